The summed E-state index contributed by atoms with van der Waals surface area (Å²) in [6, 6.07) is -2.01. The number of hydrogen-bond acceptors (Lipinski definition) is 14. The fourth-order valence-corrected chi connectivity index (χ4v) is 7.64. The third-order valence-electron chi connectivity index (χ3n) is 9.33. The van der Waals surface area contributed by atoms with E-state index in [9.17, 15) is 27.9 Å². The van der Waals surface area contributed by atoms with Gasteiger partial charge in [0.25, 0.3) is 0 Å². The zero-order chi connectivity index (χ0) is 42.6. The first-order chi connectivity index (χ1) is 26.7. The molecule has 2 aliphatic rings. The molecule has 3 rings (SSSR count). The average molecular weight is 831 g/mol. The second kappa shape index (κ2) is 20.9. The Bertz CT molecular complexity index is 1600. The van der Waals surface area contributed by atoms with Gasteiger partial charge >= 0.3 is 28.6 Å². The summed E-state index contributed by atoms with van der Waals surface area (Å²) in [6.07, 6.45) is 5.81. The minimum Gasteiger partial charge on any atom is -0.444 e. The van der Waals surface area contributed by atoms with Crippen molar-refractivity contribution in [3.05, 3.63) is 11.8 Å². The van der Waals surface area contributed by atoms with Crippen molar-refractivity contribution < 1.29 is 50.4 Å². The molecule has 0 unspecified atom stereocenters. The standard InChI is InChI=1S/C37H66N8O11S/c1-11-15-21-37(20-14-4,22-16-12-2)44(23-17-13-3)55-57(50,51)56-45-26-18-19-27(43(25-26)34(45)49)29-41-42-30(52-29)28(46)24-38-31(39-32(47)53-35(5,6)7)40-33(48)54-36(8,9)10/h26-28,46H,11-25H2,1-10H3,(H2,38,39,40,47,48)/t26-,27-,28+/m0/s1. The van der Waals surface area contributed by atoms with E-state index >= 15 is 0 Å². The molecule has 57 heavy (non-hydrogen) atoms. The number of fused-ring (bicyclic) bond motifs is 2. The molecule has 3 heterocycles. The smallest absolute Gasteiger partial charge is 0.437 e. The van der Waals surface area contributed by atoms with Crippen LogP contribution in [0.4, 0.5) is 14.4 Å². The molecule has 2 fully saturated rings. The number of ether oxygens (including phenoxy) is 2. The van der Waals surface area contributed by atoms with Crippen molar-refractivity contribution in [2.24, 2.45) is 4.99 Å². The molecule has 326 valence electrons. The number of amides is 4. The van der Waals surface area contributed by atoms with Crippen LogP contribution in [0.2, 0.25) is 0 Å². The average Bonchev–Trinajstić information content (AvgIpc) is 3.68. The van der Waals surface area contributed by atoms with Crippen LogP contribution >= 0.6 is 0 Å². The number of carbonyl (C=O) groups excluding carboxylic acids is 3. The lowest BCUT2D eigenvalue weighted by Gasteiger charge is -2.43. The molecular formula is C37H66N8O11S. The van der Waals surface area contributed by atoms with Crippen LogP contribution in [0.25, 0.3) is 0 Å². The van der Waals surface area contributed by atoms with Crippen LogP contribution in [0.1, 0.15) is 170 Å². The number of alkyl carbamates (subject to hydrolysis) is 1. The van der Waals surface area contributed by atoms with Crippen LogP contribution in [0.3, 0.4) is 0 Å². The number of aliphatic hydroxyl groups excluding tert-OH is 1. The molecule has 1 aromatic heterocycles. The number of nitrogens with one attached hydrogen (secondary N) is 2. The Morgan fingerprint density at radius 2 is 1.58 bits per heavy atom. The van der Waals surface area contributed by atoms with Gasteiger partial charge in [-0.05, 0) is 80.1 Å². The topological polar surface area (TPSA) is 228 Å². The molecule has 2 bridgehead atoms. The third-order valence-corrected chi connectivity index (χ3v) is 10.0. The van der Waals surface area contributed by atoms with Crippen molar-refractivity contribution in [2.75, 3.05) is 19.6 Å². The van der Waals surface area contributed by atoms with Crippen LogP contribution in [-0.2, 0) is 28.4 Å². The van der Waals surface area contributed by atoms with Crippen molar-refractivity contribution >= 4 is 34.6 Å². The molecule has 19 nitrogen and oxygen atoms in total. The molecule has 1 aromatic rings. The van der Waals surface area contributed by atoms with Crippen molar-refractivity contribution in [2.45, 2.75) is 181 Å². The van der Waals surface area contributed by atoms with E-state index in [0.717, 1.165) is 69.3 Å². The highest BCUT2D eigenvalue weighted by Gasteiger charge is 2.50. The fraction of sp³-hybridized carbons (Fsp3) is 0.838. The van der Waals surface area contributed by atoms with E-state index in [1.54, 1.807) is 46.6 Å². The summed E-state index contributed by atoms with van der Waals surface area (Å²) in [5, 5.41) is 26.4. The summed E-state index contributed by atoms with van der Waals surface area (Å²) < 4.78 is 54.8. The number of carbonyl (C=O) groups is 3. The van der Waals surface area contributed by atoms with Gasteiger partial charge in [-0.15, -0.1) is 19.5 Å². The molecule has 0 saturated carbocycles. The monoisotopic (exact) mass is 830 g/mol. The second-order valence-corrected chi connectivity index (χ2v) is 17.8. The number of guanidine groups is 1. The normalized spacial score (nSPS) is 18.6. The summed E-state index contributed by atoms with van der Waals surface area (Å²) in [4.78, 5) is 43.7. The summed E-state index contributed by atoms with van der Waals surface area (Å²) in [6.45, 7) is 18.5. The van der Waals surface area contributed by atoms with Crippen molar-refractivity contribution in [3.8, 4) is 0 Å². The molecule has 0 spiro atoms. The Morgan fingerprint density at radius 1 is 0.947 bits per heavy atom. The van der Waals surface area contributed by atoms with Gasteiger partial charge in [0.1, 0.15) is 23.3 Å². The molecule has 3 atom stereocenters. The van der Waals surface area contributed by atoms with E-state index in [1.807, 2.05) is 6.92 Å². The second-order valence-electron chi connectivity index (χ2n) is 16.6. The van der Waals surface area contributed by atoms with Gasteiger partial charge in [-0.2, -0.15) is 22.8 Å². The lowest BCUT2D eigenvalue weighted by atomic mass is 9.82. The van der Waals surface area contributed by atoms with Gasteiger partial charge in [-0.25, -0.2) is 14.4 Å². The summed E-state index contributed by atoms with van der Waals surface area (Å²) in [5.74, 6) is -0.560. The lowest BCUT2D eigenvalue weighted by Crippen LogP contribution is -2.51. The first-order valence-corrected chi connectivity index (χ1v) is 21.6. The number of nitrogens with zero attached hydrogens (tertiary/aromatic N) is 6. The number of aliphatic hydroxyl groups is 1. The maximum Gasteiger partial charge on any atom is 0.437 e. The maximum atomic E-state index is 13.7. The van der Waals surface area contributed by atoms with Crippen LogP contribution < -0.4 is 10.6 Å². The number of aliphatic imine (C=N–C) groups is 1. The van der Waals surface area contributed by atoms with Gasteiger partial charge in [0, 0.05) is 18.6 Å². The number of piperidine rings is 1. The van der Waals surface area contributed by atoms with Gasteiger partial charge < -0.3 is 29.2 Å². The molecule has 0 aliphatic carbocycles. The molecule has 4 amide bonds. The summed E-state index contributed by atoms with van der Waals surface area (Å²) in [5.41, 5.74) is -2.21. The van der Waals surface area contributed by atoms with Gasteiger partial charge in [-0.1, -0.05) is 66.2 Å². The van der Waals surface area contributed by atoms with Gasteiger partial charge in [-0.3, -0.25) is 5.32 Å². The highest BCUT2D eigenvalue weighted by Crippen LogP contribution is 2.40. The predicted molar refractivity (Wildman–Crippen MR) is 209 cm³/mol. The third kappa shape index (κ3) is 14.6. The Hall–Kier alpha value is -3.59. The highest BCUT2D eigenvalue weighted by molar-refractivity contribution is 7.81. The van der Waals surface area contributed by atoms with Crippen LogP contribution in [0.5, 0.6) is 0 Å². The predicted octanol–water partition coefficient (Wildman–Crippen LogP) is 6.58. The molecule has 0 aromatic carbocycles. The first-order valence-electron chi connectivity index (χ1n) is 20.2. The van der Waals surface area contributed by atoms with Crippen molar-refractivity contribution in [1.82, 2.24) is 35.9 Å². The molecular weight excluding hydrogens is 765 g/mol. The van der Waals surface area contributed by atoms with Gasteiger partial charge in [0.05, 0.1) is 12.6 Å². The van der Waals surface area contributed by atoms with E-state index in [2.05, 4.69) is 46.6 Å². The maximum absolute atomic E-state index is 13.7. The molecule has 20 heteroatoms. The fourth-order valence-electron chi connectivity index (χ4n) is 6.77. The number of rotatable bonds is 20. The summed E-state index contributed by atoms with van der Waals surface area (Å²) >= 11 is 0. The SMILES string of the molecule is CCCCN(OS(=O)(=O)ON1C(=O)N2C[C@@H]1CC[C@H]2c1nnc([C@H](O)CNC(=NC(=O)OC(C)(C)C)NC(=O)OC(C)(C)C)o1)C(CCC)(CCCC)CCCC. The van der Waals surface area contributed by atoms with E-state index in [0.29, 0.717) is 19.4 Å². The quantitative estimate of drug-likeness (QED) is 0.0716. The zero-order valence-electron chi connectivity index (χ0n) is 35.5. The largest absolute Gasteiger partial charge is 0.444 e. The minimum atomic E-state index is -4.71. The van der Waals surface area contributed by atoms with Crippen molar-refractivity contribution in [3.63, 3.8) is 0 Å². The molecule has 2 aliphatic heterocycles. The van der Waals surface area contributed by atoms with E-state index in [4.69, 9.17) is 22.5 Å². The van der Waals surface area contributed by atoms with Gasteiger partial charge in [0.15, 0.2) is 0 Å². The van der Waals surface area contributed by atoms with Gasteiger partial charge in [0.2, 0.25) is 17.7 Å². The van der Waals surface area contributed by atoms with Crippen LogP contribution in [0.15, 0.2) is 9.41 Å². The Balaban J connectivity index is 1.73. The Labute approximate surface area is 337 Å². The Morgan fingerprint density at radius 3 is 2.16 bits per heavy atom. The number of hydrogen-bond donors (Lipinski definition) is 3. The van der Waals surface area contributed by atoms with Crippen molar-refractivity contribution in [1.29, 1.82) is 0 Å². The first kappa shape index (κ1) is 47.8. The molecule has 0 radical (unpaired) electrons. The minimum absolute atomic E-state index is 0.0215. The number of hydroxylamine groups is 4. The molecule has 3 N–H and O–H groups in total. The highest BCUT2D eigenvalue weighted by atomic mass is 32.3. The number of aromatic nitrogens is 2. The van der Waals surface area contributed by atoms with E-state index in [-0.39, 0.29) is 30.8 Å². The number of unbranched alkanes of at least 4 members (excludes halogenated alkanes) is 3. The zero-order valence-corrected chi connectivity index (χ0v) is 36.3. The number of urea groups is 1. The van der Waals surface area contributed by atoms with E-state index < -0.39 is 63.5 Å². The summed E-state index contributed by atoms with van der Waals surface area (Å²) in [7, 11) is -4.71. The van der Waals surface area contributed by atoms with Crippen LogP contribution in [0, 0.1) is 0 Å². The Kier molecular flexibility index (Phi) is 17.5. The molecule has 2 saturated heterocycles. The lowest BCUT2D eigenvalue weighted by molar-refractivity contribution is -0.172. The van der Waals surface area contributed by atoms with E-state index in [1.165, 1.54) is 4.90 Å². The van der Waals surface area contributed by atoms with Crippen LogP contribution in [-0.4, -0.2) is 105 Å².